The number of fused-ring (bicyclic) bond motifs is 1. The van der Waals surface area contributed by atoms with E-state index in [9.17, 15) is 25.9 Å². The maximum atomic E-state index is 11.0. The van der Waals surface area contributed by atoms with Crippen molar-refractivity contribution in [2.24, 2.45) is 11.8 Å². The van der Waals surface area contributed by atoms with Gasteiger partial charge in [-0.1, -0.05) is 0 Å². The summed E-state index contributed by atoms with van der Waals surface area (Å²) in [6.07, 6.45) is 2.43. The molecule has 2 rings (SSSR count). The number of hydrogen-bond acceptors (Lipinski definition) is 6. The Hall–Kier alpha value is -0.180. The third-order valence-corrected chi connectivity index (χ3v) is 6.82. The van der Waals surface area contributed by atoms with Crippen LogP contribution in [0.3, 0.4) is 0 Å². The minimum atomic E-state index is -4.31. The molecule has 2 fully saturated rings. The summed E-state index contributed by atoms with van der Waals surface area (Å²) in [6.45, 7) is 0. The van der Waals surface area contributed by atoms with E-state index < -0.39 is 30.7 Å². The van der Waals surface area contributed by atoms with Gasteiger partial charge < -0.3 is 9.11 Å². The predicted molar refractivity (Wildman–Crippen MR) is 61.7 cm³/mol. The Labute approximate surface area is 107 Å². The molecule has 0 radical (unpaired) electrons. The molecule has 106 valence electrons. The van der Waals surface area contributed by atoms with Gasteiger partial charge in [-0.25, -0.2) is 16.8 Å². The Balaban J connectivity index is 2.09. The van der Waals surface area contributed by atoms with Crippen LogP contribution in [-0.2, 0) is 20.2 Å². The molecule has 0 aliphatic heterocycles. The first-order chi connectivity index (χ1) is 8.18. The third-order valence-electron chi connectivity index (χ3n) is 4.33. The Morgan fingerprint density at radius 1 is 0.667 bits per heavy atom. The molecule has 0 amide bonds. The summed E-state index contributed by atoms with van der Waals surface area (Å²) in [4.78, 5) is 0. The van der Waals surface area contributed by atoms with Crippen LogP contribution in [-0.4, -0.2) is 36.4 Å². The van der Waals surface area contributed by atoms with Gasteiger partial charge in [0.25, 0.3) is 0 Å². The molecule has 2 aliphatic rings. The quantitative estimate of drug-likeness (QED) is 0.682. The first-order valence-corrected chi connectivity index (χ1v) is 9.01. The minimum absolute atomic E-state index is 0.116. The smallest absolute Gasteiger partial charge is 0.0975 e. The zero-order valence-electron chi connectivity index (χ0n) is 9.82. The summed E-state index contributed by atoms with van der Waals surface area (Å²) in [5.74, 6) is 0.149. The van der Waals surface area contributed by atoms with E-state index in [2.05, 4.69) is 0 Å². The summed E-state index contributed by atoms with van der Waals surface area (Å²) in [7, 11) is -8.61. The predicted octanol–water partition coefficient (Wildman–Crippen LogP) is 0.414. The zero-order chi connectivity index (χ0) is 13.6. The van der Waals surface area contributed by atoms with Crippen molar-refractivity contribution in [3.05, 3.63) is 0 Å². The molecule has 0 bridgehead atoms. The van der Waals surface area contributed by atoms with E-state index in [-0.39, 0.29) is 24.7 Å². The van der Waals surface area contributed by atoms with Crippen molar-refractivity contribution >= 4 is 20.2 Å². The second-order valence-electron chi connectivity index (χ2n) is 5.38. The van der Waals surface area contributed by atoms with Crippen molar-refractivity contribution < 1.29 is 25.9 Å². The van der Waals surface area contributed by atoms with Crippen LogP contribution < -0.4 is 0 Å². The highest BCUT2D eigenvalue weighted by molar-refractivity contribution is 7.86. The van der Waals surface area contributed by atoms with E-state index in [1.54, 1.807) is 0 Å². The Kier molecular flexibility index (Phi) is 3.74. The molecule has 0 aromatic carbocycles. The lowest BCUT2D eigenvalue weighted by Crippen LogP contribution is -2.39. The van der Waals surface area contributed by atoms with E-state index in [1.807, 2.05) is 0 Å². The highest BCUT2D eigenvalue weighted by atomic mass is 32.2. The lowest BCUT2D eigenvalue weighted by Gasteiger charge is -2.42. The van der Waals surface area contributed by atoms with Crippen molar-refractivity contribution in [2.45, 2.75) is 49.0 Å². The normalized spacial score (nSPS) is 38.1. The summed E-state index contributed by atoms with van der Waals surface area (Å²) in [5, 5.41) is -1.82. The maximum absolute atomic E-state index is 11.0. The molecule has 0 aromatic heterocycles. The van der Waals surface area contributed by atoms with Crippen LogP contribution >= 0.6 is 0 Å². The molecule has 0 spiro atoms. The van der Waals surface area contributed by atoms with Gasteiger partial charge in [0, 0.05) is 10.5 Å². The van der Waals surface area contributed by atoms with Crippen molar-refractivity contribution in [3.8, 4) is 0 Å². The second kappa shape index (κ2) is 4.73. The monoisotopic (exact) mass is 296 g/mol. The molecular formula is C10H16O6S2-2. The van der Waals surface area contributed by atoms with E-state index in [1.165, 1.54) is 0 Å². The van der Waals surface area contributed by atoms with Gasteiger partial charge in [-0.3, -0.25) is 0 Å². The van der Waals surface area contributed by atoms with Gasteiger partial charge in [-0.2, -0.15) is 0 Å². The lowest BCUT2D eigenvalue weighted by molar-refractivity contribution is 0.168. The van der Waals surface area contributed by atoms with Crippen LogP contribution in [0.2, 0.25) is 0 Å². The van der Waals surface area contributed by atoms with Crippen LogP contribution in [0.25, 0.3) is 0 Å². The molecule has 6 nitrogen and oxygen atoms in total. The van der Waals surface area contributed by atoms with Crippen LogP contribution in [0.4, 0.5) is 0 Å². The van der Waals surface area contributed by atoms with E-state index >= 15 is 0 Å². The van der Waals surface area contributed by atoms with Crippen LogP contribution in [0.15, 0.2) is 0 Å². The largest absolute Gasteiger partial charge is 0.748 e. The molecule has 2 saturated carbocycles. The number of rotatable bonds is 2. The molecule has 0 saturated heterocycles. The van der Waals surface area contributed by atoms with Crippen molar-refractivity contribution in [1.82, 2.24) is 0 Å². The molecule has 2 aliphatic carbocycles. The summed E-state index contributed by atoms with van der Waals surface area (Å²) >= 11 is 0. The maximum Gasteiger partial charge on any atom is 0.0975 e. The summed E-state index contributed by atoms with van der Waals surface area (Å²) < 4.78 is 66.0. The topological polar surface area (TPSA) is 114 Å². The van der Waals surface area contributed by atoms with Crippen LogP contribution in [0.5, 0.6) is 0 Å². The van der Waals surface area contributed by atoms with Gasteiger partial charge in [0.15, 0.2) is 0 Å². The third kappa shape index (κ3) is 3.04. The minimum Gasteiger partial charge on any atom is -0.748 e. The van der Waals surface area contributed by atoms with Crippen molar-refractivity contribution in [2.75, 3.05) is 0 Å². The standard InChI is InChI=1S/C10H18O6S2/c11-17(12,13)9-3-1-7-2-4-10(18(14,15)16)6-8(7)5-9/h7-10H,1-6H2,(H,11,12,13)(H,14,15,16)/p-2. The molecule has 0 N–H and O–H groups in total. The van der Waals surface area contributed by atoms with E-state index in [0.717, 1.165) is 0 Å². The van der Waals surface area contributed by atoms with E-state index in [0.29, 0.717) is 25.7 Å². The van der Waals surface area contributed by atoms with Crippen LogP contribution in [0.1, 0.15) is 38.5 Å². The average Bonchev–Trinajstić information content (AvgIpc) is 2.25. The van der Waals surface area contributed by atoms with Gasteiger partial charge in [-0.15, -0.1) is 0 Å². The lowest BCUT2D eigenvalue weighted by atomic mass is 9.70. The first kappa shape index (κ1) is 14.2. The molecule has 8 heteroatoms. The molecule has 18 heavy (non-hydrogen) atoms. The fourth-order valence-electron chi connectivity index (χ4n) is 3.33. The zero-order valence-corrected chi connectivity index (χ0v) is 11.5. The van der Waals surface area contributed by atoms with Gasteiger partial charge in [0.1, 0.15) is 0 Å². The SMILES string of the molecule is O=S(=O)([O-])C1CCC2CCC(S(=O)(=O)[O-])CC2C1. The fourth-order valence-corrected chi connectivity index (χ4v) is 5.15. The number of hydrogen-bond donors (Lipinski definition) is 0. The Bertz CT molecular complexity index is 462. The molecule has 2 atom stereocenters. The second-order valence-corrected chi connectivity index (χ2v) is 8.68. The fraction of sp³-hybridized carbons (Fsp3) is 1.00. The molecule has 0 aromatic rings. The summed E-state index contributed by atoms with van der Waals surface area (Å²) in [6, 6.07) is 0. The van der Waals surface area contributed by atoms with Crippen LogP contribution in [0, 0.1) is 11.8 Å². The highest BCUT2D eigenvalue weighted by Crippen LogP contribution is 2.43. The summed E-state index contributed by atoms with van der Waals surface area (Å²) in [5.41, 5.74) is 0. The molecule has 0 heterocycles. The molecular weight excluding hydrogens is 280 g/mol. The Morgan fingerprint density at radius 2 is 1.06 bits per heavy atom. The van der Waals surface area contributed by atoms with Gasteiger partial charge in [-0.05, 0) is 50.4 Å². The molecule has 2 unspecified atom stereocenters. The van der Waals surface area contributed by atoms with Gasteiger partial charge in [0.2, 0.25) is 0 Å². The van der Waals surface area contributed by atoms with Gasteiger partial charge in [0.05, 0.1) is 20.2 Å². The van der Waals surface area contributed by atoms with Crippen molar-refractivity contribution in [1.29, 1.82) is 0 Å². The van der Waals surface area contributed by atoms with E-state index in [4.69, 9.17) is 0 Å². The van der Waals surface area contributed by atoms with Gasteiger partial charge >= 0.3 is 0 Å². The van der Waals surface area contributed by atoms with Crippen molar-refractivity contribution in [3.63, 3.8) is 0 Å². The first-order valence-electron chi connectivity index (χ1n) is 6.07. The highest BCUT2D eigenvalue weighted by Gasteiger charge is 2.39. The Morgan fingerprint density at radius 3 is 1.39 bits per heavy atom. The average molecular weight is 296 g/mol.